The molecule has 0 radical (unpaired) electrons. The molecule has 0 bridgehead atoms. The van der Waals surface area contributed by atoms with E-state index >= 15 is 0 Å². The van der Waals surface area contributed by atoms with Gasteiger partial charge >= 0.3 is 0 Å². The van der Waals surface area contributed by atoms with Crippen molar-refractivity contribution >= 4 is 28.9 Å². The first kappa shape index (κ1) is 17.2. The van der Waals surface area contributed by atoms with E-state index in [1.165, 1.54) is 0 Å². The highest BCUT2D eigenvalue weighted by Gasteiger charge is 2.10. The fraction of sp³-hybridized carbons (Fsp3) is 0.105. The van der Waals surface area contributed by atoms with Crippen LogP contribution in [0.5, 0.6) is 0 Å². The molecule has 0 spiro atoms. The Morgan fingerprint density at radius 3 is 2.31 bits per heavy atom. The van der Waals surface area contributed by atoms with E-state index in [2.05, 4.69) is 21.0 Å². The van der Waals surface area contributed by atoms with Crippen LogP contribution in [0.2, 0.25) is 0 Å². The van der Waals surface area contributed by atoms with E-state index in [0.717, 1.165) is 11.4 Å². The van der Waals surface area contributed by atoms with Crippen molar-refractivity contribution in [3.05, 3.63) is 72.1 Å². The Balaban J connectivity index is 1.73. The Bertz CT molecular complexity index is 948. The van der Waals surface area contributed by atoms with Gasteiger partial charge in [0.25, 0.3) is 11.8 Å². The SMILES string of the molecule is CNC(=O)c1cccc(C(=O)Nc2cccc(Nc3cnn(C)c3)c2)c1. The normalized spacial score (nSPS) is 10.2. The zero-order chi connectivity index (χ0) is 18.5. The lowest BCUT2D eigenvalue weighted by atomic mass is 10.1. The predicted molar refractivity (Wildman–Crippen MR) is 101 cm³/mol. The standard InChI is InChI=1S/C19H19N5O2/c1-20-18(25)13-5-3-6-14(9-13)19(26)23-16-8-4-7-15(10-16)22-17-11-21-24(2)12-17/h3-12,22H,1-2H3,(H,20,25)(H,23,26). The molecule has 0 atom stereocenters. The molecule has 0 aliphatic heterocycles. The Hall–Kier alpha value is -3.61. The van der Waals surface area contributed by atoms with Gasteiger partial charge in [0.05, 0.1) is 11.9 Å². The molecule has 0 aliphatic rings. The van der Waals surface area contributed by atoms with Gasteiger partial charge in [0, 0.05) is 42.8 Å². The molecule has 3 aromatic rings. The summed E-state index contributed by atoms with van der Waals surface area (Å²) in [7, 11) is 3.39. The van der Waals surface area contributed by atoms with Gasteiger partial charge in [-0.05, 0) is 36.4 Å². The number of anilines is 3. The highest BCUT2D eigenvalue weighted by Crippen LogP contribution is 2.20. The van der Waals surface area contributed by atoms with E-state index in [1.54, 1.807) is 48.3 Å². The van der Waals surface area contributed by atoms with Crippen LogP contribution in [-0.4, -0.2) is 28.6 Å². The number of amides is 2. The van der Waals surface area contributed by atoms with Crippen LogP contribution in [-0.2, 0) is 7.05 Å². The summed E-state index contributed by atoms with van der Waals surface area (Å²) < 4.78 is 1.70. The monoisotopic (exact) mass is 349 g/mol. The Morgan fingerprint density at radius 2 is 1.62 bits per heavy atom. The van der Waals surface area contributed by atoms with Crippen molar-refractivity contribution in [3.63, 3.8) is 0 Å². The molecule has 7 nitrogen and oxygen atoms in total. The van der Waals surface area contributed by atoms with Crippen molar-refractivity contribution in [1.29, 1.82) is 0 Å². The molecule has 0 saturated heterocycles. The smallest absolute Gasteiger partial charge is 0.255 e. The van der Waals surface area contributed by atoms with Gasteiger partial charge in [-0.15, -0.1) is 0 Å². The van der Waals surface area contributed by atoms with Gasteiger partial charge in [0.15, 0.2) is 0 Å². The second kappa shape index (κ2) is 7.52. The van der Waals surface area contributed by atoms with Crippen LogP contribution < -0.4 is 16.0 Å². The van der Waals surface area contributed by atoms with Gasteiger partial charge in [-0.1, -0.05) is 12.1 Å². The maximum absolute atomic E-state index is 12.5. The summed E-state index contributed by atoms with van der Waals surface area (Å²) in [6.45, 7) is 0. The molecule has 2 aromatic carbocycles. The summed E-state index contributed by atoms with van der Waals surface area (Å²) in [6, 6.07) is 13.9. The molecule has 1 heterocycles. The second-order valence-corrected chi connectivity index (χ2v) is 5.72. The summed E-state index contributed by atoms with van der Waals surface area (Å²) >= 11 is 0. The fourth-order valence-corrected chi connectivity index (χ4v) is 2.48. The van der Waals surface area contributed by atoms with Crippen molar-refractivity contribution in [3.8, 4) is 0 Å². The minimum atomic E-state index is -0.283. The summed E-state index contributed by atoms with van der Waals surface area (Å²) in [5.74, 6) is -0.517. The Morgan fingerprint density at radius 1 is 0.923 bits per heavy atom. The molecule has 132 valence electrons. The zero-order valence-electron chi connectivity index (χ0n) is 14.5. The molecule has 0 aliphatic carbocycles. The number of aryl methyl sites for hydroxylation is 1. The number of aromatic nitrogens is 2. The number of nitrogens with zero attached hydrogens (tertiary/aromatic N) is 2. The number of nitrogens with one attached hydrogen (secondary N) is 3. The van der Waals surface area contributed by atoms with E-state index in [0.29, 0.717) is 16.8 Å². The van der Waals surface area contributed by atoms with Crippen molar-refractivity contribution in [2.45, 2.75) is 0 Å². The van der Waals surface area contributed by atoms with Crippen molar-refractivity contribution < 1.29 is 9.59 Å². The Labute approximate surface area is 151 Å². The Kier molecular flexibility index (Phi) is 4.98. The van der Waals surface area contributed by atoms with Crippen LogP contribution in [0.1, 0.15) is 20.7 Å². The highest BCUT2D eigenvalue weighted by molar-refractivity contribution is 6.06. The lowest BCUT2D eigenvalue weighted by molar-refractivity contribution is 0.0963. The van der Waals surface area contributed by atoms with E-state index in [-0.39, 0.29) is 11.8 Å². The summed E-state index contributed by atoms with van der Waals surface area (Å²) in [5, 5.41) is 12.7. The van der Waals surface area contributed by atoms with E-state index in [4.69, 9.17) is 0 Å². The number of carbonyl (C=O) groups excluding carboxylic acids is 2. The molecule has 0 unspecified atom stereocenters. The minimum absolute atomic E-state index is 0.234. The molecule has 3 rings (SSSR count). The summed E-state index contributed by atoms with van der Waals surface area (Å²) in [6.07, 6.45) is 3.57. The van der Waals surface area contributed by atoms with Gasteiger partial charge < -0.3 is 16.0 Å². The maximum Gasteiger partial charge on any atom is 0.255 e. The van der Waals surface area contributed by atoms with Crippen LogP contribution in [0.3, 0.4) is 0 Å². The summed E-state index contributed by atoms with van der Waals surface area (Å²) in [4.78, 5) is 24.2. The molecule has 2 amide bonds. The minimum Gasteiger partial charge on any atom is -0.355 e. The average Bonchev–Trinajstić information content (AvgIpc) is 3.06. The quantitative estimate of drug-likeness (QED) is 0.661. The average molecular weight is 349 g/mol. The third-order valence-electron chi connectivity index (χ3n) is 3.73. The second-order valence-electron chi connectivity index (χ2n) is 5.72. The number of benzene rings is 2. The molecule has 0 saturated carbocycles. The van der Waals surface area contributed by atoms with Gasteiger partial charge in [0.2, 0.25) is 0 Å². The third kappa shape index (κ3) is 4.07. The molecule has 0 fully saturated rings. The van der Waals surface area contributed by atoms with Gasteiger partial charge in [-0.3, -0.25) is 14.3 Å². The van der Waals surface area contributed by atoms with Crippen LogP contribution in [0.25, 0.3) is 0 Å². The topological polar surface area (TPSA) is 88.1 Å². The highest BCUT2D eigenvalue weighted by atomic mass is 16.2. The van der Waals surface area contributed by atoms with Crippen molar-refractivity contribution in [1.82, 2.24) is 15.1 Å². The van der Waals surface area contributed by atoms with Crippen molar-refractivity contribution in [2.24, 2.45) is 7.05 Å². The number of hydrogen-bond acceptors (Lipinski definition) is 4. The van der Waals surface area contributed by atoms with Gasteiger partial charge in [0.1, 0.15) is 0 Å². The number of carbonyl (C=O) groups is 2. The zero-order valence-corrected chi connectivity index (χ0v) is 14.5. The number of rotatable bonds is 5. The van der Waals surface area contributed by atoms with E-state index < -0.39 is 0 Å². The van der Waals surface area contributed by atoms with Crippen LogP contribution in [0.4, 0.5) is 17.1 Å². The molecule has 3 N–H and O–H groups in total. The van der Waals surface area contributed by atoms with Crippen LogP contribution in [0, 0.1) is 0 Å². The van der Waals surface area contributed by atoms with E-state index in [1.807, 2.05) is 31.4 Å². The lowest BCUT2D eigenvalue weighted by Crippen LogP contribution is -2.19. The maximum atomic E-state index is 12.5. The third-order valence-corrected chi connectivity index (χ3v) is 3.73. The first-order chi connectivity index (χ1) is 12.5. The lowest BCUT2D eigenvalue weighted by Gasteiger charge is -2.09. The molecular formula is C19H19N5O2. The molecule has 1 aromatic heterocycles. The number of hydrogen-bond donors (Lipinski definition) is 3. The van der Waals surface area contributed by atoms with E-state index in [9.17, 15) is 9.59 Å². The molecular weight excluding hydrogens is 330 g/mol. The first-order valence-electron chi connectivity index (χ1n) is 8.04. The summed E-state index contributed by atoms with van der Waals surface area (Å²) in [5.41, 5.74) is 3.18. The van der Waals surface area contributed by atoms with Gasteiger partial charge in [-0.25, -0.2) is 0 Å². The van der Waals surface area contributed by atoms with Crippen LogP contribution >= 0.6 is 0 Å². The van der Waals surface area contributed by atoms with Crippen LogP contribution in [0.15, 0.2) is 60.9 Å². The predicted octanol–water partition coefficient (Wildman–Crippen LogP) is 2.78. The largest absolute Gasteiger partial charge is 0.355 e. The molecule has 7 heteroatoms. The first-order valence-corrected chi connectivity index (χ1v) is 8.04. The van der Waals surface area contributed by atoms with Crippen molar-refractivity contribution in [2.75, 3.05) is 17.7 Å². The van der Waals surface area contributed by atoms with Gasteiger partial charge in [-0.2, -0.15) is 5.10 Å². The fourth-order valence-electron chi connectivity index (χ4n) is 2.48. The molecule has 26 heavy (non-hydrogen) atoms.